The maximum absolute atomic E-state index is 3.59. The SMILES string of the molecule is CCNC1CCC(C)(CCC(C)C)C1. The van der Waals surface area contributed by atoms with Gasteiger partial charge < -0.3 is 5.32 Å². The van der Waals surface area contributed by atoms with Crippen molar-refractivity contribution in [2.45, 2.75) is 65.8 Å². The molecule has 0 amide bonds. The van der Waals surface area contributed by atoms with Crippen molar-refractivity contribution in [3.8, 4) is 0 Å². The highest BCUT2D eigenvalue weighted by atomic mass is 14.9. The van der Waals surface area contributed by atoms with Crippen LogP contribution >= 0.6 is 0 Å². The van der Waals surface area contributed by atoms with E-state index in [2.05, 4.69) is 33.0 Å². The highest BCUT2D eigenvalue weighted by Crippen LogP contribution is 2.42. The van der Waals surface area contributed by atoms with Gasteiger partial charge in [-0.25, -0.2) is 0 Å². The molecule has 84 valence electrons. The Morgan fingerprint density at radius 2 is 2.14 bits per heavy atom. The Bertz CT molecular complexity index is 165. The zero-order valence-electron chi connectivity index (χ0n) is 10.4. The maximum Gasteiger partial charge on any atom is 0.00723 e. The van der Waals surface area contributed by atoms with E-state index >= 15 is 0 Å². The molecule has 1 rings (SSSR count). The van der Waals surface area contributed by atoms with Crippen molar-refractivity contribution in [2.24, 2.45) is 11.3 Å². The summed E-state index contributed by atoms with van der Waals surface area (Å²) in [6.07, 6.45) is 7.04. The summed E-state index contributed by atoms with van der Waals surface area (Å²) in [5.41, 5.74) is 0.636. The van der Waals surface area contributed by atoms with Crippen molar-refractivity contribution < 1.29 is 0 Å². The molecule has 0 saturated heterocycles. The summed E-state index contributed by atoms with van der Waals surface area (Å²) in [7, 11) is 0. The second-order valence-electron chi connectivity index (χ2n) is 5.74. The van der Waals surface area contributed by atoms with E-state index in [-0.39, 0.29) is 0 Å². The van der Waals surface area contributed by atoms with Crippen LogP contribution in [0.3, 0.4) is 0 Å². The summed E-state index contributed by atoms with van der Waals surface area (Å²) in [6, 6.07) is 0.803. The fourth-order valence-corrected chi connectivity index (χ4v) is 2.65. The van der Waals surface area contributed by atoms with Gasteiger partial charge in [0.25, 0.3) is 0 Å². The molecule has 1 aliphatic rings. The van der Waals surface area contributed by atoms with Crippen LogP contribution in [0.5, 0.6) is 0 Å². The fourth-order valence-electron chi connectivity index (χ4n) is 2.65. The van der Waals surface area contributed by atoms with Gasteiger partial charge in [-0.1, -0.05) is 34.1 Å². The van der Waals surface area contributed by atoms with Crippen LogP contribution in [0, 0.1) is 11.3 Å². The number of hydrogen-bond acceptors (Lipinski definition) is 1. The first-order chi connectivity index (χ1) is 6.56. The van der Waals surface area contributed by atoms with Gasteiger partial charge in [0.05, 0.1) is 0 Å². The van der Waals surface area contributed by atoms with E-state index < -0.39 is 0 Å². The summed E-state index contributed by atoms with van der Waals surface area (Å²) in [6.45, 7) is 10.5. The second-order valence-corrected chi connectivity index (χ2v) is 5.74. The van der Waals surface area contributed by atoms with Gasteiger partial charge in [0.2, 0.25) is 0 Å². The van der Waals surface area contributed by atoms with Crippen molar-refractivity contribution in [2.75, 3.05) is 6.54 Å². The molecule has 1 heteroatoms. The smallest absolute Gasteiger partial charge is 0.00723 e. The maximum atomic E-state index is 3.59. The van der Waals surface area contributed by atoms with Gasteiger partial charge in [-0.2, -0.15) is 0 Å². The van der Waals surface area contributed by atoms with Gasteiger partial charge in [-0.3, -0.25) is 0 Å². The minimum Gasteiger partial charge on any atom is -0.314 e. The fraction of sp³-hybridized carbons (Fsp3) is 1.00. The van der Waals surface area contributed by atoms with Crippen molar-refractivity contribution in [1.82, 2.24) is 5.32 Å². The molecule has 2 unspecified atom stereocenters. The first-order valence-corrected chi connectivity index (χ1v) is 6.29. The Hall–Kier alpha value is -0.0400. The van der Waals surface area contributed by atoms with Crippen LogP contribution in [0.4, 0.5) is 0 Å². The lowest BCUT2D eigenvalue weighted by atomic mass is 9.82. The summed E-state index contributed by atoms with van der Waals surface area (Å²) in [5.74, 6) is 0.866. The molecule has 1 nitrogen and oxygen atoms in total. The molecule has 1 N–H and O–H groups in total. The van der Waals surface area contributed by atoms with Gasteiger partial charge in [0.1, 0.15) is 0 Å². The van der Waals surface area contributed by atoms with E-state index in [0.29, 0.717) is 5.41 Å². The van der Waals surface area contributed by atoms with Crippen LogP contribution in [0.25, 0.3) is 0 Å². The first-order valence-electron chi connectivity index (χ1n) is 6.29. The third kappa shape index (κ3) is 3.61. The van der Waals surface area contributed by atoms with Crippen LogP contribution in [-0.2, 0) is 0 Å². The van der Waals surface area contributed by atoms with Crippen LogP contribution in [0.2, 0.25) is 0 Å². The Labute approximate surface area is 89.7 Å². The lowest BCUT2D eigenvalue weighted by Gasteiger charge is -2.25. The zero-order valence-corrected chi connectivity index (χ0v) is 10.4. The average molecular weight is 197 g/mol. The van der Waals surface area contributed by atoms with Gasteiger partial charge in [0.15, 0.2) is 0 Å². The number of nitrogens with one attached hydrogen (secondary N) is 1. The van der Waals surface area contributed by atoms with Crippen LogP contribution < -0.4 is 5.32 Å². The third-order valence-electron chi connectivity index (χ3n) is 3.65. The predicted molar refractivity (Wildman–Crippen MR) is 63.5 cm³/mol. The van der Waals surface area contributed by atoms with Crippen molar-refractivity contribution >= 4 is 0 Å². The van der Waals surface area contributed by atoms with E-state index in [1.807, 2.05) is 0 Å². The monoisotopic (exact) mass is 197 g/mol. The zero-order chi connectivity index (χ0) is 10.6. The number of hydrogen-bond donors (Lipinski definition) is 1. The van der Waals surface area contributed by atoms with Gasteiger partial charge >= 0.3 is 0 Å². The average Bonchev–Trinajstić information content (AvgIpc) is 2.46. The van der Waals surface area contributed by atoms with Crippen LogP contribution in [0.15, 0.2) is 0 Å². The molecule has 0 bridgehead atoms. The van der Waals surface area contributed by atoms with Gasteiger partial charge in [-0.15, -0.1) is 0 Å². The Kier molecular flexibility index (Phi) is 4.43. The Morgan fingerprint density at radius 1 is 1.43 bits per heavy atom. The van der Waals surface area contributed by atoms with Crippen LogP contribution in [0.1, 0.15) is 59.8 Å². The summed E-state index contributed by atoms with van der Waals surface area (Å²) >= 11 is 0. The lowest BCUT2D eigenvalue weighted by Crippen LogP contribution is -2.27. The largest absolute Gasteiger partial charge is 0.314 e. The summed E-state index contributed by atoms with van der Waals surface area (Å²) in [4.78, 5) is 0. The molecule has 1 fully saturated rings. The van der Waals surface area contributed by atoms with Crippen molar-refractivity contribution in [1.29, 1.82) is 0 Å². The van der Waals surface area contributed by atoms with Gasteiger partial charge in [0, 0.05) is 6.04 Å². The van der Waals surface area contributed by atoms with Crippen molar-refractivity contribution in [3.05, 3.63) is 0 Å². The Morgan fingerprint density at radius 3 is 2.71 bits per heavy atom. The molecule has 0 aromatic heterocycles. The third-order valence-corrected chi connectivity index (χ3v) is 3.65. The quantitative estimate of drug-likeness (QED) is 0.710. The molecule has 0 heterocycles. The minimum absolute atomic E-state index is 0.636. The lowest BCUT2D eigenvalue weighted by molar-refractivity contribution is 0.273. The molecule has 1 aliphatic carbocycles. The van der Waals surface area contributed by atoms with Gasteiger partial charge in [-0.05, 0) is 43.6 Å². The molecule has 0 aromatic carbocycles. The minimum atomic E-state index is 0.636. The predicted octanol–water partition coefficient (Wildman–Crippen LogP) is 3.59. The molecular weight excluding hydrogens is 170 g/mol. The molecule has 1 saturated carbocycles. The molecule has 14 heavy (non-hydrogen) atoms. The van der Waals surface area contributed by atoms with E-state index in [1.165, 1.54) is 32.1 Å². The molecule has 0 aliphatic heterocycles. The standard InChI is InChI=1S/C13H27N/c1-5-14-12-7-9-13(4,10-12)8-6-11(2)3/h11-12,14H,5-10H2,1-4H3. The second kappa shape index (κ2) is 5.16. The molecule has 0 aromatic rings. The van der Waals surface area contributed by atoms with E-state index in [1.54, 1.807) is 0 Å². The van der Waals surface area contributed by atoms with E-state index in [0.717, 1.165) is 18.5 Å². The normalized spacial score (nSPS) is 32.8. The topological polar surface area (TPSA) is 12.0 Å². The molecule has 0 spiro atoms. The highest BCUT2D eigenvalue weighted by molar-refractivity contribution is 4.89. The van der Waals surface area contributed by atoms with E-state index in [4.69, 9.17) is 0 Å². The summed E-state index contributed by atoms with van der Waals surface area (Å²) < 4.78 is 0. The van der Waals surface area contributed by atoms with Crippen molar-refractivity contribution in [3.63, 3.8) is 0 Å². The number of rotatable bonds is 5. The van der Waals surface area contributed by atoms with E-state index in [9.17, 15) is 0 Å². The Balaban J connectivity index is 2.30. The molecular formula is C13H27N. The highest BCUT2D eigenvalue weighted by Gasteiger charge is 2.34. The summed E-state index contributed by atoms with van der Waals surface area (Å²) in [5, 5.41) is 3.59. The van der Waals surface area contributed by atoms with Crippen LogP contribution in [-0.4, -0.2) is 12.6 Å². The molecule has 2 atom stereocenters. The first kappa shape index (κ1) is 12.0. The molecule has 0 radical (unpaired) electrons.